The first-order valence-electron chi connectivity index (χ1n) is 5.44. The zero-order valence-electron chi connectivity index (χ0n) is 9.96. The van der Waals surface area contributed by atoms with E-state index in [-0.39, 0.29) is 17.0 Å². The molecule has 1 N–H and O–H groups in total. The number of nitro benzene ring substituents is 1. The largest absolute Gasteiger partial charge is 0.507 e. The van der Waals surface area contributed by atoms with Crippen LogP contribution in [0.25, 0.3) is 0 Å². The summed E-state index contributed by atoms with van der Waals surface area (Å²) in [5.74, 6) is -0.0978. The highest BCUT2D eigenvalue weighted by molar-refractivity contribution is 6.42. The van der Waals surface area contributed by atoms with Crippen LogP contribution in [0.3, 0.4) is 0 Å². The highest BCUT2D eigenvalue weighted by Gasteiger charge is 2.08. The number of aliphatic imine (C=N–C) groups is 1. The van der Waals surface area contributed by atoms with Crippen molar-refractivity contribution in [2.45, 2.75) is 0 Å². The second kappa shape index (κ2) is 5.90. The van der Waals surface area contributed by atoms with Gasteiger partial charge in [-0.2, -0.15) is 0 Å². The normalized spacial score (nSPS) is 10.9. The molecule has 0 amide bonds. The third-order valence-electron chi connectivity index (χ3n) is 2.48. The number of hydrogen-bond donors (Lipinski definition) is 1. The number of hydrogen-bond acceptors (Lipinski definition) is 4. The van der Waals surface area contributed by atoms with Crippen LogP contribution in [0.2, 0.25) is 10.0 Å². The maximum Gasteiger partial charge on any atom is 0.270 e. The van der Waals surface area contributed by atoms with Crippen LogP contribution in [0.5, 0.6) is 5.75 Å². The van der Waals surface area contributed by atoms with E-state index < -0.39 is 4.92 Å². The summed E-state index contributed by atoms with van der Waals surface area (Å²) >= 11 is 11.6. The summed E-state index contributed by atoms with van der Waals surface area (Å²) in [4.78, 5) is 14.2. The molecule has 2 aromatic carbocycles. The maximum absolute atomic E-state index is 10.7. The van der Waals surface area contributed by atoms with Gasteiger partial charge < -0.3 is 5.11 Å². The van der Waals surface area contributed by atoms with Crippen molar-refractivity contribution < 1.29 is 10.0 Å². The molecule has 0 atom stereocenters. The van der Waals surface area contributed by atoms with Crippen molar-refractivity contribution in [1.29, 1.82) is 0 Å². The molecule has 0 heterocycles. The third kappa shape index (κ3) is 3.26. The summed E-state index contributed by atoms with van der Waals surface area (Å²) < 4.78 is 0. The number of nitro groups is 1. The number of phenolic OH excluding ortho intramolecular Hbond substituents is 1. The summed E-state index contributed by atoms with van der Waals surface area (Å²) in [5, 5.41) is 21.1. The standard InChI is InChI=1S/C13H8Cl2N2O3/c14-11-3-1-9(6-12(11)15)16-7-8-5-10(17(19)20)2-4-13(8)18/h1-7,18H. The van der Waals surface area contributed by atoms with Gasteiger partial charge in [0, 0.05) is 23.9 Å². The van der Waals surface area contributed by atoms with Gasteiger partial charge in [-0.3, -0.25) is 15.1 Å². The Kier molecular flexibility index (Phi) is 4.22. The van der Waals surface area contributed by atoms with E-state index in [1.165, 1.54) is 24.4 Å². The first-order chi connectivity index (χ1) is 9.47. The summed E-state index contributed by atoms with van der Waals surface area (Å²) in [6, 6.07) is 8.47. The quantitative estimate of drug-likeness (QED) is 0.520. The molecule has 0 aliphatic rings. The zero-order chi connectivity index (χ0) is 14.7. The average molecular weight is 311 g/mol. The highest BCUT2D eigenvalue weighted by atomic mass is 35.5. The van der Waals surface area contributed by atoms with E-state index in [4.69, 9.17) is 23.2 Å². The predicted octanol–water partition coefficient (Wildman–Crippen LogP) is 4.36. The minimum absolute atomic E-state index is 0.0978. The molecule has 0 bridgehead atoms. The Morgan fingerprint density at radius 3 is 2.55 bits per heavy atom. The molecule has 0 fully saturated rings. The van der Waals surface area contributed by atoms with E-state index in [1.807, 2.05) is 0 Å². The van der Waals surface area contributed by atoms with Crippen LogP contribution in [0.15, 0.2) is 41.4 Å². The lowest BCUT2D eigenvalue weighted by Crippen LogP contribution is -1.90. The lowest BCUT2D eigenvalue weighted by Gasteiger charge is -2.00. The molecular weight excluding hydrogens is 303 g/mol. The van der Waals surface area contributed by atoms with Gasteiger partial charge in [0.15, 0.2) is 0 Å². The van der Waals surface area contributed by atoms with Crippen molar-refractivity contribution in [3.05, 3.63) is 62.1 Å². The van der Waals surface area contributed by atoms with Gasteiger partial charge in [0.1, 0.15) is 5.75 Å². The number of phenols is 1. The van der Waals surface area contributed by atoms with Crippen molar-refractivity contribution in [2.75, 3.05) is 0 Å². The Balaban J connectivity index is 2.33. The van der Waals surface area contributed by atoms with E-state index in [1.54, 1.807) is 18.2 Å². The van der Waals surface area contributed by atoms with Gasteiger partial charge in [0.25, 0.3) is 5.69 Å². The smallest absolute Gasteiger partial charge is 0.270 e. The molecule has 0 saturated carbocycles. The number of nitrogens with zero attached hydrogens (tertiary/aromatic N) is 2. The minimum Gasteiger partial charge on any atom is -0.507 e. The maximum atomic E-state index is 10.7. The van der Waals surface area contributed by atoms with Gasteiger partial charge >= 0.3 is 0 Å². The molecule has 2 rings (SSSR count). The summed E-state index contributed by atoms with van der Waals surface area (Å²) in [7, 11) is 0. The molecule has 102 valence electrons. The van der Waals surface area contributed by atoms with Crippen LogP contribution in [-0.4, -0.2) is 16.2 Å². The average Bonchev–Trinajstić information content (AvgIpc) is 2.41. The Morgan fingerprint density at radius 1 is 1.15 bits per heavy atom. The van der Waals surface area contributed by atoms with E-state index in [0.29, 0.717) is 15.7 Å². The van der Waals surface area contributed by atoms with E-state index >= 15 is 0 Å². The van der Waals surface area contributed by atoms with Gasteiger partial charge in [0.05, 0.1) is 20.7 Å². The fraction of sp³-hybridized carbons (Fsp3) is 0. The lowest BCUT2D eigenvalue weighted by atomic mass is 10.2. The molecule has 0 aromatic heterocycles. The van der Waals surface area contributed by atoms with Crippen molar-refractivity contribution in [1.82, 2.24) is 0 Å². The minimum atomic E-state index is -0.546. The van der Waals surface area contributed by atoms with E-state index in [0.717, 1.165) is 0 Å². The van der Waals surface area contributed by atoms with Crippen molar-refractivity contribution in [3.63, 3.8) is 0 Å². The first-order valence-corrected chi connectivity index (χ1v) is 6.19. The van der Waals surface area contributed by atoms with Gasteiger partial charge in [-0.25, -0.2) is 0 Å². The number of aromatic hydroxyl groups is 1. The van der Waals surface area contributed by atoms with E-state index in [9.17, 15) is 15.2 Å². The Hall–Kier alpha value is -2.11. The highest BCUT2D eigenvalue weighted by Crippen LogP contribution is 2.27. The molecule has 0 saturated heterocycles. The molecular formula is C13H8Cl2N2O3. The summed E-state index contributed by atoms with van der Waals surface area (Å²) in [6.07, 6.45) is 1.32. The van der Waals surface area contributed by atoms with Crippen LogP contribution in [-0.2, 0) is 0 Å². The molecule has 5 nitrogen and oxygen atoms in total. The molecule has 20 heavy (non-hydrogen) atoms. The van der Waals surface area contributed by atoms with E-state index in [2.05, 4.69) is 4.99 Å². The molecule has 0 aliphatic carbocycles. The van der Waals surface area contributed by atoms with Gasteiger partial charge in [-0.05, 0) is 24.3 Å². The molecule has 7 heteroatoms. The molecule has 0 spiro atoms. The van der Waals surface area contributed by atoms with Crippen molar-refractivity contribution in [3.8, 4) is 5.75 Å². The number of rotatable bonds is 3. The Morgan fingerprint density at radius 2 is 1.90 bits per heavy atom. The van der Waals surface area contributed by atoms with Crippen LogP contribution in [0, 0.1) is 10.1 Å². The van der Waals surface area contributed by atoms with Crippen LogP contribution < -0.4 is 0 Å². The molecule has 0 aliphatic heterocycles. The summed E-state index contributed by atoms with van der Waals surface area (Å²) in [6.45, 7) is 0. The van der Waals surface area contributed by atoms with Gasteiger partial charge in [0.2, 0.25) is 0 Å². The first kappa shape index (κ1) is 14.3. The second-order valence-electron chi connectivity index (χ2n) is 3.86. The monoisotopic (exact) mass is 310 g/mol. The SMILES string of the molecule is O=[N+]([O-])c1ccc(O)c(C=Nc2ccc(Cl)c(Cl)c2)c1. The van der Waals surface area contributed by atoms with Crippen LogP contribution in [0.1, 0.15) is 5.56 Å². The zero-order valence-corrected chi connectivity index (χ0v) is 11.5. The van der Waals surface area contributed by atoms with Crippen LogP contribution >= 0.6 is 23.2 Å². The lowest BCUT2D eigenvalue weighted by molar-refractivity contribution is -0.384. The predicted molar refractivity (Wildman–Crippen MR) is 78.5 cm³/mol. The number of non-ortho nitro benzene ring substituents is 1. The summed E-state index contributed by atoms with van der Waals surface area (Å²) in [5.41, 5.74) is 0.633. The molecule has 0 unspecified atom stereocenters. The topological polar surface area (TPSA) is 75.7 Å². The van der Waals surface area contributed by atoms with Gasteiger partial charge in [-0.15, -0.1) is 0 Å². The fourth-order valence-corrected chi connectivity index (χ4v) is 1.76. The van der Waals surface area contributed by atoms with Crippen LogP contribution in [0.4, 0.5) is 11.4 Å². The molecule has 0 radical (unpaired) electrons. The molecule has 2 aromatic rings. The van der Waals surface area contributed by atoms with Crippen molar-refractivity contribution >= 4 is 40.8 Å². The van der Waals surface area contributed by atoms with Crippen molar-refractivity contribution in [2.24, 2.45) is 4.99 Å². The number of halogens is 2. The Labute approximate surface area is 124 Å². The van der Waals surface area contributed by atoms with Gasteiger partial charge in [-0.1, -0.05) is 23.2 Å². The second-order valence-corrected chi connectivity index (χ2v) is 4.67. The fourth-order valence-electron chi connectivity index (χ4n) is 1.47. The third-order valence-corrected chi connectivity index (χ3v) is 3.22. The number of benzene rings is 2. The Bertz CT molecular complexity index is 702.